The number of sulfone groups is 1. The van der Waals surface area contributed by atoms with Crippen molar-refractivity contribution in [2.75, 3.05) is 17.2 Å². The van der Waals surface area contributed by atoms with E-state index in [1.165, 1.54) is 35.5 Å². The van der Waals surface area contributed by atoms with Crippen molar-refractivity contribution in [1.82, 2.24) is 14.9 Å². The van der Waals surface area contributed by atoms with Gasteiger partial charge in [-0.15, -0.1) is 0 Å². The van der Waals surface area contributed by atoms with Crippen LogP contribution < -0.4 is 21.9 Å². The van der Waals surface area contributed by atoms with Crippen LogP contribution in [0.25, 0.3) is 10.9 Å². The van der Waals surface area contributed by atoms with Gasteiger partial charge in [0.2, 0.25) is 5.91 Å². The minimum absolute atomic E-state index is 0.0387. The van der Waals surface area contributed by atoms with E-state index in [9.17, 15) is 32.7 Å². The number of carboxylic acids is 1. The van der Waals surface area contributed by atoms with Crippen LogP contribution in [0.1, 0.15) is 53.3 Å². The Morgan fingerprint density at radius 3 is 2.30 bits per heavy atom. The molecule has 4 aromatic carbocycles. The second-order valence-corrected chi connectivity index (χ2v) is 15.5. The molecule has 0 spiro atoms. The van der Waals surface area contributed by atoms with E-state index in [1.807, 2.05) is 18.2 Å². The molecule has 5 rings (SSSR count). The number of anilines is 2. The van der Waals surface area contributed by atoms with Gasteiger partial charge in [0.1, 0.15) is 13.2 Å². The lowest BCUT2D eigenvalue weighted by Gasteiger charge is -2.25. The minimum atomic E-state index is -3.62. The van der Waals surface area contributed by atoms with Gasteiger partial charge in [0.15, 0.2) is 15.9 Å². The topological polar surface area (TPSA) is 214 Å². The normalized spacial score (nSPS) is 12.0. The number of carbonyl (C=O) groups is 3. The molecule has 0 saturated carbocycles. The van der Waals surface area contributed by atoms with E-state index in [2.05, 4.69) is 20.6 Å². The highest BCUT2D eigenvalue weighted by Gasteiger charge is 2.26. The molecule has 0 fully saturated rings. The van der Waals surface area contributed by atoms with Gasteiger partial charge in [0.05, 0.1) is 33.9 Å². The maximum Gasteiger partial charge on any atom is 0.410 e. The third-order valence-corrected chi connectivity index (χ3v) is 11.1. The molecule has 1 unspecified atom stereocenters. The van der Waals surface area contributed by atoms with Crippen LogP contribution in [0, 0.1) is 13.8 Å². The van der Waals surface area contributed by atoms with Crippen molar-refractivity contribution in [2.45, 2.75) is 63.6 Å². The summed E-state index contributed by atoms with van der Waals surface area (Å²) in [7, 11) is -3.62. The van der Waals surface area contributed by atoms with Crippen molar-refractivity contribution in [3.63, 3.8) is 0 Å². The molecule has 2 amide bonds. The molecule has 1 heterocycles. The van der Waals surface area contributed by atoms with Gasteiger partial charge in [-0.05, 0) is 97.5 Å². The van der Waals surface area contributed by atoms with E-state index in [1.54, 1.807) is 64.1 Å². The molecule has 15 heteroatoms. The smallest absolute Gasteiger partial charge is 0.410 e. The number of rotatable bonds is 14. The molecule has 0 saturated heterocycles. The second kappa shape index (κ2) is 16.7. The number of hydrogen-bond acceptors (Lipinski definition) is 10. The third-order valence-electron chi connectivity index (χ3n) is 8.89. The van der Waals surface area contributed by atoms with Gasteiger partial charge in [-0.2, -0.15) is 0 Å². The average Bonchev–Trinajstić information content (AvgIpc) is 3.14. The summed E-state index contributed by atoms with van der Waals surface area (Å²) in [5, 5.41) is 15.6. The Morgan fingerprint density at radius 2 is 1.65 bits per heavy atom. The zero-order chi connectivity index (χ0) is 39.2. The second-order valence-electron chi connectivity index (χ2n) is 13.1. The Balaban J connectivity index is 1.39. The molecule has 0 aliphatic carbocycles. The van der Waals surface area contributed by atoms with Crippen LogP contribution in [-0.2, 0) is 43.9 Å². The molecule has 0 bridgehead atoms. The first-order valence-electron chi connectivity index (χ1n) is 17.1. The number of benzene rings is 4. The number of fused-ring (bicyclic) bond motifs is 1. The number of nitrogens with two attached hydrogens (primary N) is 1. The molecule has 6 N–H and O–H groups in total. The number of aromatic nitrogens is 2. The Kier molecular flexibility index (Phi) is 12.1. The summed E-state index contributed by atoms with van der Waals surface area (Å²) in [5.74, 6) is -1.72. The molecule has 5 aromatic rings. The highest BCUT2D eigenvalue weighted by atomic mass is 32.2. The number of aliphatic carboxylic acids is 1. The van der Waals surface area contributed by atoms with Crippen LogP contribution in [0.15, 0.2) is 94.9 Å². The number of aromatic amines is 1. The molecule has 1 aromatic heterocycles. The van der Waals surface area contributed by atoms with Gasteiger partial charge in [0.25, 0.3) is 5.56 Å². The lowest BCUT2D eigenvalue weighted by Crippen LogP contribution is -2.38. The first-order valence-corrected chi connectivity index (χ1v) is 18.6. The predicted octanol–water partition coefficient (Wildman–Crippen LogP) is 5.20. The fraction of sp³-hybridized carbons (Fsp3) is 0.256. The molecule has 54 heavy (non-hydrogen) atoms. The summed E-state index contributed by atoms with van der Waals surface area (Å²) in [6.07, 6.45) is 0.533. The number of nitrogens with zero attached hydrogens (tertiary/aromatic N) is 2. The summed E-state index contributed by atoms with van der Waals surface area (Å²) in [5.41, 5.74) is 10.2. The Bertz CT molecular complexity index is 2340. The third kappa shape index (κ3) is 9.11. The summed E-state index contributed by atoms with van der Waals surface area (Å²) in [4.78, 5) is 59.8. The molecule has 0 aliphatic heterocycles. The van der Waals surface area contributed by atoms with E-state index < -0.39 is 45.6 Å². The molecule has 282 valence electrons. The summed E-state index contributed by atoms with van der Waals surface area (Å²) in [6, 6.07) is 20.4. The van der Waals surface area contributed by atoms with E-state index in [-0.39, 0.29) is 30.2 Å². The lowest BCUT2D eigenvalue weighted by atomic mass is 9.95. The zero-order valence-electron chi connectivity index (χ0n) is 30.3. The van der Waals surface area contributed by atoms with Crippen LogP contribution in [0.4, 0.5) is 16.2 Å². The summed E-state index contributed by atoms with van der Waals surface area (Å²) < 4.78 is 31.3. The standard InChI is InChI=1S/C39H42N6O8S/c1-23(2)54(51,52)34-13-11-29(16-28(34)18-40)43-35(46)20-45(39(50)53-21-26-8-6-5-7-9-26)19-32-24(3)14-27(15-25(32)4)36(38(48)49)44-30-10-12-33-31(17-30)37(47)42-22-41-33/h5-17,22-23,36,44H,18-21,40H2,1-4H3,(H,43,46)(H,48,49)(H,41,42,47). The van der Waals surface area contributed by atoms with Gasteiger partial charge in [-0.1, -0.05) is 42.5 Å². The number of H-pyrrole nitrogens is 1. The predicted molar refractivity (Wildman–Crippen MR) is 205 cm³/mol. The van der Waals surface area contributed by atoms with Crippen molar-refractivity contribution in [3.05, 3.63) is 129 Å². The maximum atomic E-state index is 13.6. The number of aryl methyl sites for hydroxylation is 2. The Labute approximate surface area is 312 Å². The van der Waals surface area contributed by atoms with Crippen molar-refractivity contribution < 1.29 is 32.6 Å². The minimum Gasteiger partial charge on any atom is -0.479 e. The van der Waals surface area contributed by atoms with Gasteiger partial charge in [-0.3, -0.25) is 14.5 Å². The summed E-state index contributed by atoms with van der Waals surface area (Å²) in [6.45, 7) is 6.12. The van der Waals surface area contributed by atoms with Crippen LogP contribution in [0.2, 0.25) is 0 Å². The number of ether oxygens (including phenoxy) is 1. The lowest BCUT2D eigenvalue weighted by molar-refractivity contribution is -0.138. The maximum absolute atomic E-state index is 13.6. The van der Waals surface area contributed by atoms with Crippen molar-refractivity contribution >= 4 is 50.1 Å². The molecular formula is C39H42N6O8S. The number of carboxylic acid groups (broad SMARTS) is 1. The largest absolute Gasteiger partial charge is 0.479 e. The SMILES string of the molecule is Cc1cc(C(Nc2ccc3nc[nH]c(=O)c3c2)C(=O)O)cc(C)c1CN(CC(=O)Nc1ccc(S(=O)(=O)C(C)C)c(CN)c1)C(=O)OCc1ccccc1. The summed E-state index contributed by atoms with van der Waals surface area (Å²) >= 11 is 0. The molecule has 14 nitrogen and oxygen atoms in total. The number of hydrogen-bond donors (Lipinski definition) is 5. The fourth-order valence-corrected chi connectivity index (χ4v) is 7.24. The Hall–Kier alpha value is -6.06. The number of carbonyl (C=O) groups excluding carboxylic acids is 2. The van der Waals surface area contributed by atoms with E-state index in [0.717, 1.165) is 5.56 Å². The van der Waals surface area contributed by atoms with Crippen molar-refractivity contribution in [3.8, 4) is 0 Å². The van der Waals surface area contributed by atoms with E-state index >= 15 is 0 Å². The van der Waals surface area contributed by atoms with Gasteiger partial charge in [-0.25, -0.2) is 23.0 Å². The fourth-order valence-electron chi connectivity index (χ4n) is 5.96. The van der Waals surface area contributed by atoms with Gasteiger partial charge < -0.3 is 31.2 Å². The molecular weight excluding hydrogens is 713 g/mol. The first kappa shape index (κ1) is 39.2. The van der Waals surface area contributed by atoms with E-state index in [0.29, 0.717) is 50.1 Å². The van der Waals surface area contributed by atoms with Gasteiger partial charge >= 0.3 is 12.1 Å². The first-order chi connectivity index (χ1) is 25.7. The van der Waals surface area contributed by atoms with Crippen molar-refractivity contribution in [2.24, 2.45) is 5.73 Å². The number of nitrogens with one attached hydrogen (secondary N) is 3. The van der Waals surface area contributed by atoms with E-state index in [4.69, 9.17) is 10.5 Å². The van der Waals surface area contributed by atoms with Crippen LogP contribution in [0.5, 0.6) is 0 Å². The monoisotopic (exact) mass is 754 g/mol. The number of amides is 2. The zero-order valence-corrected chi connectivity index (χ0v) is 31.1. The molecule has 0 radical (unpaired) electrons. The average molecular weight is 755 g/mol. The quantitative estimate of drug-likeness (QED) is 0.0994. The van der Waals surface area contributed by atoms with Crippen LogP contribution >= 0.6 is 0 Å². The van der Waals surface area contributed by atoms with Gasteiger partial charge in [0, 0.05) is 17.9 Å². The highest BCUT2D eigenvalue weighted by Crippen LogP contribution is 2.28. The Morgan fingerprint density at radius 1 is 0.963 bits per heavy atom. The highest BCUT2D eigenvalue weighted by molar-refractivity contribution is 7.92. The van der Waals surface area contributed by atoms with Crippen LogP contribution in [0.3, 0.4) is 0 Å². The molecule has 1 atom stereocenters. The molecule has 0 aliphatic rings. The van der Waals surface area contributed by atoms with Crippen LogP contribution in [-0.4, -0.2) is 58.2 Å². The van der Waals surface area contributed by atoms with Crippen molar-refractivity contribution in [1.29, 1.82) is 0 Å².